The Labute approximate surface area is 152 Å². The Morgan fingerprint density at radius 2 is 2.15 bits per heavy atom. The molecule has 1 fully saturated rings. The molecule has 2 aromatic heterocycles. The van der Waals surface area contributed by atoms with E-state index in [1.54, 1.807) is 6.26 Å². The van der Waals surface area contributed by atoms with Crippen LogP contribution in [0.5, 0.6) is 0 Å². The van der Waals surface area contributed by atoms with Gasteiger partial charge in [-0.3, -0.25) is 4.79 Å². The first kappa shape index (κ1) is 16.6. The largest absolute Gasteiger partial charge is 0.469 e. The van der Waals surface area contributed by atoms with E-state index in [1.165, 1.54) is 0 Å². The number of carbonyl (C=O) groups excluding carboxylic acids is 1. The molecule has 1 saturated heterocycles. The Bertz CT molecular complexity index is 911. The monoisotopic (exact) mass is 350 g/mol. The molecule has 1 aromatic carbocycles. The Morgan fingerprint density at radius 1 is 1.27 bits per heavy atom. The second kappa shape index (κ2) is 6.83. The van der Waals surface area contributed by atoms with Crippen LogP contribution in [0.2, 0.25) is 0 Å². The maximum Gasteiger partial charge on any atom is 0.228 e. The molecule has 0 N–H and O–H groups in total. The topological polar surface area (TPSA) is 59.5 Å². The van der Waals surface area contributed by atoms with E-state index < -0.39 is 0 Å². The van der Waals surface area contributed by atoms with Crippen LogP contribution in [0.1, 0.15) is 35.1 Å². The van der Waals surface area contributed by atoms with Gasteiger partial charge >= 0.3 is 0 Å². The Morgan fingerprint density at radius 3 is 2.92 bits per heavy atom. The standard InChI is InChI=1S/C21H22N2O3/c1-14-5-3-6-16(11-14)21-22-18(15(2)26-21)12-20(24)23-9-8-17(13-23)19-7-4-10-25-19/h3-7,10-11,17H,8-9,12-13H2,1-2H3. The van der Waals surface area contributed by atoms with E-state index in [0.29, 0.717) is 23.9 Å². The average molecular weight is 350 g/mol. The minimum absolute atomic E-state index is 0.0891. The normalized spacial score (nSPS) is 17.0. The van der Waals surface area contributed by atoms with Crippen molar-refractivity contribution in [2.24, 2.45) is 0 Å². The minimum Gasteiger partial charge on any atom is -0.469 e. The van der Waals surface area contributed by atoms with Crippen LogP contribution in [0, 0.1) is 13.8 Å². The van der Waals surface area contributed by atoms with Crippen molar-refractivity contribution in [2.45, 2.75) is 32.6 Å². The van der Waals surface area contributed by atoms with Crippen LogP contribution < -0.4 is 0 Å². The van der Waals surface area contributed by atoms with Crippen LogP contribution in [0.15, 0.2) is 51.5 Å². The molecule has 134 valence electrons. The van der Waals surface area contributed by atoms with Crippen molar-refractivity contribution >= 4 is 5.91 Å². The highest BCUT2D eigenvalue weighted by atomic mass is 16.4. The lowest BCUT2D eigenvalue weighted by atomic mass is 10.1. The lowest BCUT2D eigenvalue weighted by Crippen LogP contribution is -2.30. The molecule has 0 aliphatic carbocycles. The first-order chi connectivity index (χ1) is 12.6. The summed E-state index contributed by atoms with van der Waals surface area (Å²) in [5.41, 5.74) is 2.80. The number of carbonyl (C=O) groups is 1. The first-order valence-corrected chi connectivity index (χ1v) is 8.94. The summed E-state index contributed by atoms with van der Waals surface area (Å²) in [6, 6.07) is 11.9. The fourth-order valence-electron chi connectivity index (χ4n) is 3.49. The minimum atomic E-state index is 0.0891. The number of benzene rings is 1. The molecular weight excluding hydrogens is 328 g/mol. The van der Waals surface area contributed by atoms with Gasteiger partial charge in [0.25, 0.3) is 0 Å². The number of oxazole rings is 1. The van der Waals surface area contributed by atoms with Gasteiger partial charge in [0.15, 0.2) is 0 Å². The van der Waals surface area contributed by atoms with Crippen LogP contribution in [-0.2, 0) is 11.2 Å². The lowest BCUT2D eigenvalue weighted by Gasteiger charge is -2.15. The zero-order valence-corrected chi connectivity index (χ0v) is 15.1. The number of hydrogen-bond donors (Lipinski definition) is 0. The van der Waals surface area contributed by atoms with Crippen molar-refractivity contribution < 1.29 is 13.6 Å². The number of furan rings is 1. The van der Waals surface area contributed by atoms with Gasteiger partial charge in [0, 0.05) is 24.6 Å². The Kier molecular flexibility index (Phi) is 4.37. The van der Waals surface area contributed by atoms with Gasteiger partial charge in [0.05, 0.1) is 18.4 Å². The molecule has 1 atom stereocenters. The van der Waals surface area contributed by atoms with E-state index in [4.69, 9.17) is 8.83 Å². The van der Waals surface area contributed by atoms with Gasteiger partial charge in [-0.2, -0.15) is 0 Å². The van der Waals surface area contributed by atoms with E-state index in [2.05, 4.69) is 4.98 Å². The molecule has 0 radical (unpaired) electrons. The van der Waals surface area contributed by atoms with E-state index in [9.17, 15) is 4.79 Å². The molecule has 3 aromatic rings. The van der Waals surface area contributed by atoms with Crippen LogP contribution in [-0.4, -0.2) is 28.9 Å². The maximum absolute atomic E-state index is 12.7. The third-order valence-corrected chi connectivity index (χ3v) is 4.96. The summed E-state index contributed by atoms with van der Waals surface area (Å²) in [6.07, 6.45) is 2.89. The predicted molar refractivity (Wildman–Crippen MR) is 97.8 cm³/mol. The third-order valence-electron chi connectivity index (χ3n) is 4.96. The number of aromatic nitrogens is 1. The highest BCUT2D eigenvalue weighted by Crippen LogP contribution is 2.28. The number of likely N-dealkylation sites (tertiary alicyclic amines) is 1. The SMILES string of the molecule is Cc1cccc(-c2nc(CC(=O)N3CCC(c4ccco4)C3)c(C)o2)c1. The summed E-state index contributed by atoms with van der Waals surface area (Å²) in [6.45, 7) is 5.36. The molecule has 1 aliphatic heterocycles. The van der Waals surface area contributed by atoms with Crippen molar-refractivity contribution in [2.75, 3.05) is 13.1 Å². The number of nitrogens with zero attached hydrogens (tertiary/aromatic N) is 2. The summed E-state index contributed by atoms with van der Waals surface area (Å²) < 4.78 is 11.3. The van der Waals surface area contributed by atoms with Gasteiger partial charge in [-0.05, 0) is 44.5 Å². The molecular formula is C21H22N2O3. The van der Waals surface area contributed by atoms with Crippen LogP contribution in [0.3, 0.4) is 0 Å². The molecule has 0 spiro atoms. The Balaban J connectivity index is 1.45. The van der Waals surface area contributed by atoms with Crippen molar-refractivity contribution in [3.05, 3.63) is 65.4 Å². The van der Waals surface area contributed by atoms with Crippen LogP contribution >= 0.6 is 0 Å². The molecule has 5 heteroatoms. The molecule has 4 rings (SSSR count). The molecule has 26 heavy (non-hydrogen) atoms. The third kappa shape index (κ3) is 3.29. The van der Waals surface area contributed by atoms with Gasteiger partial charge in [-0.25, -0.2) is 4.98 Å². The van der Waals surface area contributed by atoms with Crippen molar-refractivity contribution in [3.63, 3.8) is 0 Å². The quantitative estimate of drug-likeness (QED) is 0.710. The number of hydrogen-bond acceptors (Lipinski definition) is 4. The second-order valence-electron chi connectivity index (χ2n) is 6.91. The second-order valence-corrected chi connectivity index (χ2v) is 6.91. The molecule has 1 amide bonds. The summed E-state index contributed by atoms with van der Waals surface area (Å²) in [7, 11) is 0. The molecule has 1 unspecified atom stereocenters. The zero-order chi connectivity index (χ0) is 18.1. The fraction of sp³-hybridized carbons (Fsp3) is 0.333. The summed E-state index contributed by atoms with van der Waals surface area (Å²) in [5.74, 6) is 2.61. The predicted octanol–water partition coefficient (Wildman–Crippen LogP) is 4.11. The van der Waals surface area contributed by atoms with E-state index in [0.717, 1.165) is 29.9 Å². The first-order valence-electron chi connectivity index (χ1n) is 8.94. The average Bonchev–Trinajstić information content (AvgIpc) is 3.35. The fourth-order valence-corrected chi connectivity index (χ4v) is 3.49. The Hall–Kier alpha value is -2.82. The number of aryl methyl sites for hydroxylation is 2. The highest BCUT2D eigenvalue weighted by Gasteiger charge is 2.29. The van der Waals surface area contributed by atoms with Gasteiger partial charge in [-0.1, -0.05) is 17.7 Å². The van der Waals surface area contributed by atoms with Crippen molar-refractivity contribution in [3.8, 4) is 11.5 Å². The number of amides is 1. The molecule has 0 bridgehead atoms. The smallest absolute Gasteiger partial charge is 0.228 e. The molecule has 5 nitrogen and oxygen atoms in total. The van der Waals surface area contributed by atoms with Crippen molar-refractivity contribution in [1.29, 1.82) is 0 Å². The van der Waals surface area contributed by atoms with Gasteiger partial charge in [0.2, 0.25) is 11.8 Å². The van der Waals surface area contributed by atoms with E-state index in [1.807, 2.05) is 55.1 Å². The molecule has 3 heterocycles. The van der Waals surface area contributed by atoms with Gasteiger partial charge < -0.3 is 13.7 Å². The summed E-state index contributed by atoms with van der Waals surface area (Å²) in [4.78, 5) is 19.2. The number of rotatable bonds is 4. The summed E-state index contributed by atoms with van der Waals surface area (Å²) >= 11 is 0. The van der Waals surface area contributed by atoms with Crippen molar-refractivity contribution in [1.82, 2.24) is 9.88 Å². The molecule has 0 saturated carbocycles. The maximum atomic E-state index is 12.7. The lowest BCUT2D eigenvalue weighted by molar-refractivity contribution is -0.129. The molecule has 1 aliphatic rings. The van der Waals surface area contributed by atoms with Crippen LogP contribution in [0.4, 0.5) is 0 Å². The van der Waals surface area contributed by atoms with Gasteiger partial charge in [-0.15, -0.1) is 0 Å². The van der Waals surface area contributed by atoms with E-state index >= 15 is 0 Å². The van der Waals surface area contributed by atoms with Gasteiger partial charge in [0.1, 0.15) is 11.5 Å². The summed E-state index contributed by atoms with van der Waals surface area (Å²) in [5, 5.41) is 0. The van der Waals surface area contributed by atoms with E-state index in [-0.39, 0.29) is 18.2 Å². The highest BCUT2D eigenvalue weighted by molar-refractivity contribution is 5.79. The zero-order valence-electron chi connectivity index (χ0n) is 15.1. The van der Waals surface area contributed by atoms with Crippen LogP contribution in [0.25, 0.3) is 11.5 Å².